The number of aromatic nitrogens is 4. The molecule has 2 aliphatic heterocycles. The molecule has 1 aromatic carbocycles. The van der Waals surface area contributed by atoms with E-state index in [0.29, 0.717) is 30.2 Å². The van der Waals surface area contributed by atoms with Crippen LogP contribution < -0.4 is 21.9 Å². The molecule has 0 amide bonds. The molecule has 10 heteroatoms. The van der Waals surface area contributed by atoms with Gasteiger partial charge in [0.2, 0.25) is 5.95 Å². The van der Waals surface area contributed by atoms with E-state index in [0.717, 1.165) is 34.9 Å². The van der Waals surface area contributed by atoms with E-state index in [2.05, 4.69) is 28.9 Å². The van der Waals surface area contributed by atoms with E-state index in [9.17, 15) is 9.59 Å². The number of piperidine rings is 1. The number of nitrogens with two attached hydrogens (primary N) is 1. The summed E-state index contributed by atoms with van der Waals surface area (Å²) in [4.78, 5) is 40.1. The minimum Gasteiger partial charge on any atom is -0.341 e. The number of aryl methyl sites for hydroxylation is 1. The highest BCUT2D eigenvalue weighted by Crippen LogP contribution is 2.39. The van der Waals surface area contributed by atoms with Crippen LogP contribution in [0.4, 0.5) is 5.95 Å². The minimum absolute atomic E-state index is 0.0392. The molecule has 5 rings (SSSR count). The van der Waals surface area contributed by atoms with Gasteiger partial charge < -0.3 is 10.6 Å². The number of rotatable bonds is 4. The smallest absolute Gasteiger partial charge is 0.332 e. The van der Waals surface area contributed by atoms with E-state index in [4.69, 9.17) is 15.7 Å². The predicted molar refractivity (Wildman–Crippen MR) is 145 cm³/mol. The first-order chi connectivity index (χ1) is 17.2. The molecule has 1 fully saturated rings. The number of thioether (sulfide) groups is 1. The molecule has 4 heterocycles. The number of aliphatic imine (C=N–C) groups is 1. The van der Waals surface area contributed by atoms with Crippen molar-refractivity contribution in [3.05, 3.63) is 50.7 Å². The number of hydrogen-bond donors (Lipinski definition) is 1. The molecule has 0 bridgehead atoms. The summed E-state index contributed by atoms with van der Waals surface area (Å²) in [5, 5.41) is 0.721. The maximum Gasteiger partial charge on any atom is 0.332 e. The van der Waals surface area contributed by atoms with Crippen LogP contribution in [0, 0.1) is 11.8 Å². The van der Waals surface area contributed by atoms with Crippen LogP contribution in [0.3, 0.4) is 0 Å². The van der Waals surface area contributed by atoms with Crippen molar-refractivity contribution in [3.63, 3.8) is 0 Å². The molecular weight excluding hydrogens is 474 g/mol. The molecule has 36 heavy (non-hydrogen) atoms. The summed E-state index contributed by atoms with van der Waals surface area (Å²) < 4.78 is 4.55. The molecule has 1 unspecified atom stereocenters. The second kappa shape index (κ2) is 9.30. The molecule has 2 N–H and O–H groups in total. The zero-order chi connectivity index (χ0) is 25.6. The van der Waals surface area contributed by atoms with Crippen LogP contribution in [-0.4, -0.2) is 42.9 Å². The van der Waals surface area contributed by atoms with Crippen molar-refractivity contribution < 1.29 is 0 Å². The lowest BCUT2D eigenvalue weighted by Gasteiger charge is -2.31. The van der Waals surface area contributed by atoms with Crippen molar-refractivity contribution in [1.29, 1.82) is 0 Å². The predicted octanol–water partition coefficient (Wildman–Crippen LogP) is 2.29. The fraction of sp³-hybridized carbons (Fsp3) is 0.462. The normalized spacial score (nSPS) is 19.0. The summed E-state index contributed by atoms with van der Waals surface area (Å²) in [6.45, 7) is 7.69. The molecular formula is C26H31N7O2S. The second-order valence-electron chi connectivity index (χ2n) is 9.84. The van der Waals surface area contributed by atoms with Crippen LogP contribution in [0.2, 0.25) is 0 Å². The average molecular weight is 506 g/mol. The Morgan fingerprint density at radius 2 is 2.00 bits per heavy atom. The van der Waals surface area contributed by atoms with Crippen LogP contribution in [0.1, 0.15) is 39.2 Å². The molecule has 0 saturated carbocycles. The Morgan fingerprint density at radius 1 is 1.22 bits per heavy atom. The van der Waals surface area contributed by atoms with Crippen molar-refractivity contribution in [2.24, 2.45) is 17.8 Å². The molecule has 0 spiro atoms. The van der Waals surface area contributed by atoms with E-state index < -0.39 is 11.2 Å². The van der Waals surface area contributed by atoms with Crippen LogP contribution in [0.5, 0.6) is 0 Å². The molecule has 3 aromatic rings. The first kappa shape index (κ1) is 24.4. The maximum absolute atomic E-state index is 13.9. The molecule has 1 atom stereocenters. The lowest BCUT2D eigenvalue weighted by atomic mass is 9.95. The van der Waals surface area contributed by atoms with Gasteiger partial charge in [0.05, 0.1) is 23.7 Å². The second-order valence-corrected chi connectivity index (χ2v) is 11.0. The molecule has 9 nitrogen and oxygen atoms in total. The highest BCUT2D eigenvalue weighted by Gasteiger charge is 2.30. The Morgan fingerprint density at radius 3 is 2.75 bits per heavy atom. The average Bonchev–Trinajstić information content (AvgIpc) is 3.23. The summed E-state index contributed by atoms with van der Waals surface area (Å²) in [6.07, 6.45) is 1.90. The van der Waals surface area contributed by atoms with Gasteiger partial charge in [-0.3, -0.25) is 23.5 Å². The number of fused-ring (bicyclic) bond motifs is 2. The SMILES string of the molecule is CC#CCn1c(N2CCCC(N)C2)nc2c1c(=O)n(CC1=NC(C)(C)c3ccccc3S1)c(=O)n2C. The first-order valence-corrected chi connectivity index (χ1v) is 13.0. The monoisotopic (exact) mass is 505 g/mol. The molecule has 0 radical (unpaired) electrons. The molecule has 2 aromatic heterocycles. The van der Waals surface area contributed by atoms with Gasteiger partial charge in [-0.1, -0.05) is 35.9 Å². The van der Waals surface area contributed by atoms with Gasteiger partial charge in [-0.2, -0.15) is 4.98 Å². The first-order valence-electron chi connectivity index (χ1n) is 12.2. The Balaban J connectivity index is 1.64. The fourth-order valence-electron chi connectivity index (χ4n) is 5.03. The molecule has 1 saturated heterocycles. The third kappa shape index (κ3) is 4.16. The lowest BCUT2D eigenvalue weighted by molar-refractivity contribution is 0.496. The van der Waals surface area contributed by atoms with Crippen molar-refractivity contribution in [1.82, 2.24) is 18.7 Å². The fourth-order valence-corrected chi connectivity index (χ4v) is 6.32. The number of anilines is 1. The van der Waals surface area contributed by atoms with Gasteiger partial charge in [0.1, 0.15) is 0 Å². The van der Waals surface area contributed by atoms with Gasteiger partial charge in [-0.25, -0.2) is 4.79 Å². The highest BCUT2D eigenvalue weighted by atomic mass is 32.2. The van der Waals surface area contributed by atoms with Crippen molar-refractivity contribution in [2.75, 3.05) is 18.0 Å². The summed E-state index contributed by atoms with van der Waals surface area (Å²) in [5.74, 6) is 6.61. The van der Waals surface area contributed by atoms with Gasteiger partial charge in [0.25, 0.3) is 5.56 Å². The quantitative estimate of drug-likeness (QED) is 0.546. The Labute approximate surface area is 214 Å². The van der Waals surface area contributed by atoms with Gasteiger partial charge in [0.15, 0.2) is 11.2 Å². The standard InChI is InChI=1S/C26H31N7O2S/c1-5-6-14-32-21-22(28-24(32)31-13-9-10-17(27)15-31)30(4)25(35)33(23(21)34)16-20-29-26(2,3)18-11-7-8-12-19(18)36-20/h7-8,11-12,17H,9-10,13-16,27H2,1-4H3. The molecule has 188 valence electrons. The Kier molecular flexibility index (Phi) is 6.30. The number of imidazole rings is 1. The lowest BCUT2D eigenvalue weighted by Crippen LogP contribution is -2.44. The minimum atomic E-state index is -0.450. The zero-order valence-electron chi connectivity index (χ0n) is 21.1. The van der Waals surface area contributed by atoms with E-state index in [1.165, 1.54) is 20.9 Å². The molecule has 0 aliphatic carbocycles. The topological polar surface area (TPSA) is 103 Å². The van der Waals surface area contributed by atoms with Crippen LogP contribution in [-0.2, 0) is 25.7 Å². The zero-order valence-corrected chi connectivity index (χ0v) is 21.9. The largest absolute Gasteiger partial charge is 0.341 e. The van der Waals surface area contributed by atoms with Gasteiger partial charge in [-0.15, -0.1) is 5.92 Å². The van der Waals surface area contributed by atoms with Crippen molar-refractivity contribution in [3.8, 4) is 11.8 Å². The summed E-state index contributed by atoms with van der Waals surface area (Å²) in [6, 6.07) is 8.15. The third-order valence-corrected chi connectivity index (χ3v) is 7.87. The van der Waals surface area contributed by atoms with E-state index >= 15 is 0 Å². The Bertz CT molecular complexity index is 1550. The molecule has 2 aliphatic rings. The van der Waals surface area contributed by atoms with Crippen molar-refractivity contribution in [2.45, 2.75) is 63.2 Å². The highest BCUT2D eigenvalue weighted by molar-refractivity contribution is 8.14. The van der Waals surface area contributed by atoms with Gasteiger partial charge in [-0.05, 0) is 45.2 Å². The van der Waals surface area contributed by atoms with Gasteiger partial charge >= 0.3 is 5.69 Å². The van der Waals surface area contributed by atoms with E-state index in [-0.39, 0.29) is 18.1 Å². The number of nitrogens with zero attached hydrogens (tertiary/aromatic N) is 6. The summed E-state index contributed by atoms with van der Waals surface area (Å²) in [7, 11) is 1.66. The van der Waals surface area contributed by atoms with E-state index in [1.54, 1.807) is 14.0 Å². The maximum atomic E-state index is 13.9. The number of benzene rings is 1. The van der Waals surface area contributed by atoms with Crippen LogP contribution in [0.15, 0.2) is 43.7 Å². The number of hydrogen-bond acceptors (Lipinski definition) is 7. The third-order valence-electron chi connectivity index (χ3n) is 6.84. The van der Waals surface area contributed by atoms with Crippen LogP contribution in [0.25, 0.3) is 11.2 Å². The van der Waals surface area contributed by atoms with Gasteiger partial charge in [0, 0.05) is 31.1 Å². The summed E-state index contributed by atoms with van der Waals surface area (Å²) in [5.41, 5.74) is 6.85. The van der Waals surface area contributed by atoms with Crippen LogP contribution >= 0.6 is 11.8 Å². The summed E-state index contributed by atoms with van der Waals surface area (Å²) >= 11 is 1.50. The Hall–Kier alpha value is -3.29. The van der Waals surface area contributed by atoms with E-state index in [1.807, 2.05) is 30.5 Å². The van der Waals surface area contributed by atoms with Crippen molar-refractivity contribution >= 4 is 33.9 Å².